The predicted molar refractivity (Wildman–Crippen MR) is 104 cm³/mol. The zero-order chi connectivity index (χ0) is 19.0. The monoisotopic (exact) mass is 374 g/mol. The van der Waals surface area contributed by atoms with Gasteiger partial charge in [-0.1, -0.05) is 46.6 Å². The first-order chi connectivity index (χ1) is 12.0. The van der Waals surface area contributed by atoms with Gasteiger partial charge in [-0.15, -0.1) is 0 Å². The Balaban J connectivity index is 4.68. The third kappa shape index (κ3) is 12.3. The van der Waals surface area contributed by atoms with Gasteiger partial charge in [0.05, 0.1) is 6.61 Å². The largest absolute Gasteiger partial charge is 0.501 e. The molecule has 5 nitrogen and oxygen atoms in total. The summed E-state index contributed by atoms with van der Waals surface area (Å²) in [7, 11) is -2.72. The van der Waals surface area contributed by atoms with Gasteiger partial charge in [0, 0.05) is 31.4 Å². The number of hydrogen-bond donors (Lipinski definition) is 0. The van der Waals surface area contributed by atoms with E-state index in [4.69, 9.17) is 18.0 Å². The molecule has 0 aromatic carbocycles. The van der Waals surface area contributed by atoms with Gasteiger partial charge in [0.25, 0.3) is 0 Å². The summed E-state index contributed by atoms with van der Waals surface area (Å²) in [6, 6.07) is 0.674. The van der Waals surface area contributed by atoms with Crippen molar-refractivity contribution >= 4 is 14.8 Å². The second-order valence-electron chi connectivity index (χ2n) is 6.31. The van der Waals surface area contributed by atoms with Gasteiger partial charge in [0.2, 0.25) is 0 Å². The van der Waals surface area contributed by atoms with E-state index >= 15 is 0 Å². The van der Waals surface area contributed by atoms with E-state index in [0.29, 0.717) is 44.5 Å². The molecule has 0 unspecified atom stereocenters. The number of unbranched alkanes of at least 4 members (excludes halogenated alkanes) is 3. The van der Waals surface area contributed by atoms with Gasteiger partial charge in [-0.05, 0) is 32.6 Å². The lowest BCUT2D eigenvalue weighted by Gasteiger charge is -2.30. The minimum Gasteiger partial charge on any atom is -0.462 e. The molecule has 0 atom stereocenters. The van der Waals surface area contributed by atoms with E-state index in [1.807, 2.05) is 0 Å². The van der Waals surface area contributed by atoms with Crippen LogP contribution < -0.4 is 0 Å². The summed E-state index contributed by atoms with van der Waals surface area (Å²) < 4.78 is 23.7. The van der Waals surface area contributed by atoms with E-state index < -0.39 is 8.80 Å². The highest BCUT2D eigenvalue weighted by molar-refractivity contribution is 6.60. The Kier molecular flexibility index (Phi) is 15.1. The summed E-state index contributed by atoms with van der Waals surface area (Å²) in [6.45, 7) is 14.0. The van der Waals surface area contributed by atoms with Gasteiger partial charge in [-0.2, -0.15) is 0 Å². The lowest BCUT2D eigenvalue weighted by atomic mass is 10.4. The highest BCUT2D eigenvalue weighted by Gasteiger charge is 2.40. The van der Waals surface area contributed by atoms with Crippen molar-refractivity contribution in [2.45, 2.75) is 78.7 Å². The molecule has 0 amide bonds. The van der Waals surface area contributed by atoms with Crippen LogP contribution in [0.3, 0.4) is 0 Å². The van der Waals surface area contributed by atoms with E-state index in [1.54, 1.807) is 6.92 Å². The van der Waals surface area contributed by atoms with Crippen LogP contribution in [0.15, 0.2) is 12.2 Å². The minimum atomic E-state index is -2.72. The highest BCUT2D eigenvalue weighted by atomic mass is 28.4. The van der Waals surface area contributed by atoms with Gasteiger partial charge in [0.15, 0.2) is 0 Å². The SMILES string of the molecule is C=C(C)C(=O)OCCC[Si](OCCCC)(OCCCC)OCCCC. The average Bonchev–Trinajstić information content (AvgIpc) is 2.59. The molecule has 0 fully saturated rings. The molecule has 0 rings (SSSR count). The molecule has 0 heterocycles. The van der Waals surface area contributed by atoms with Crippen LogP contribution in [0.25, 0.3) is 0 Å². The first-order valence-corrected chi connectivity index (χ1v) is 11.7. The second kappa shape index (κ2) is 15.6. The number of rotatable bonds is 17. The van der Waals surface area contributed by atoms with E-state index in [1.165, 1.54) is 0 Å². The predicted octanol–water partition coefficient (Wildman–Crippen LogP) is 4.88. The highest BCUT2D eigenvalue weighted by Crippen LogP contribution is 2.20. The second-order valence-corrected chi connectivity index (χ2v) is 9.04. The van der Waals surface area contributed by atoms with Crippen molar-refractivity contribution in [2.24, 2.45) is 0 Å². The number of hydrogen-bond acceptors (Lipinski definition) is 5. The summed E-state index contributed by atoms with van der Waals surface area (Å²) in [5.41, 5.74) is 0.418. The minimum absolute atomic E-state index is 0.339. The molecule has 0 aromatic heterocycles. The van der Waals surface area contributed by atoms with Crippen molar-refractivity contribution in [3.8, 4) is 0 Å². The van der Waals surface area contributed by atoms with Crippen LogP contribution in [0.5, 0.6) is 0 Å². The van der Waals surface area contributed by atoms with E-state index in [0.717, 1.165) is 38.5 Å². The molecule has 0 saturated carbocycles. The Labute approximate surface area is 155 Å². The molecule has 25 heavy (non-hydrogen) atoms. The van der Waals surface area contributed by atoms with Crippen LogP contribution in [0, 0.1) is 0 Å². The summed E-state index contributed by atoms with van der Waals surface area (Å²) in [5.74, 6) is -0.349. The molecule has 148 valence electrons. The van der Waals surface area contributed by atoms with Crippen LogP contribution in [0.1, 0.15) is 72.6 Å². The fourth-order valence-electron chi connectivity index (χ4n) is 2.03. The lowest BCUT2D eigenvalue weighted by Crippen LogP contribution is -2.47. The maximum Gasteiger partial charge on any atom is 0.501 e. The Morgan fingerprint density at radius 2 is 1.24 bits per heavy atom. The molecule has 0 spiro atoms. The molecule has 0 aliphatic carbocycles. The number of esters is 1. The van der Waals surface area contributed by atoms with Gasteiger partial charge >= 0.3 is 14.8 Å². The Morgan fingerprint density at radius 1 is 0.800 bits per heavy atom. The molecule has 0 aliphatic heterocycles. The zero-order valence-electron chi connectivity index (χ0n) is 16.7. The van der Waals surface area contributed by atoms with Crippen molar-refractivity contribution in [1.29, 1.82) is 0 Å². The quantitative estimate of drug-likeness (QED) is 0.157. The number of carbonyl (C=O) groups is 1. The van der Waals surface area contributed by atoms with Gasteiger partial charge < -0.3 is 18.0 Å². The van der Waals surface area contributed by atoms with Crippen molar-refractivity contribution in [3.63, 3.8) is 0 Å². The maximum atomic E-state index is 11.5. The Bertz CT molecular complexity index is 333. The molecule has 0 saturated heterocycles. The van der Waals surface area contributed by atoms with Crippen molar-refractivity contribution in [1.82, 2.24) is 0 Å². The van der Waals surface area contributed by atoms with Crippen molar-refractivity contribution in [3.05, 3.63) is 12.2 Å². The molecule has 0 radical (unpaired) electrons. The van der Waals surface area contributed by atoms with Crippen LogP contribution in [-0.4, -0.2) is 41.2 Å². The fraction of sp³-hybridized carbons (Fsp3) is 0.842. The summed E-state index contributed by atoms with van der Waals surface area (Å²) in [6.07, 6.45) is 6.88. The van der Waals surface area contributed by atoms with Crippen LogP contribution >= 0.6 is 0 Å². The maximum absolute atomic E-state index is 11.5. The molecule has 0 N–H and O–H groups in total. The van der Waals surface area contributed by atoms with E-state index in [2.05, 4.69) is 27.4 Å². The van der Waals surface area contributed by atoms with E-state index in [9.17, 15) is 4.79 Å². The fourth-order valence-corrected chi connectivity index (χ4v) is 4.66. The molecular weight excluding hydrogens is 336 g/mol. The van der Waals surface area contributed by atoms with Crippen molar-refractivity contribution < 1.29 is 22.8 Å². The number of carbonyl (C=O) groups excluding carboxylic acids is 1. The van der Waals surface area contributed by atoms with Gasteiger partial charge in [-0.3, -0.25) is 0 Å². The topological polar surface area (TPSA) is 54.0 Å². The third-order valence-corrected chi connectivity index (χ3v) is 6.57. The van der Waals surface area contributed by atoms with Crippen molar-refractivity contribution in [2.75, 3.05) is 26.4 Å². The molecule has 0 bridgehead atoms. The molecule has 0 aromatic rings. The first kappa shape index (κ1) is 24.3. The summed E-state index contributed by atoms with van der Waals surface area (Å²) >= 11 is 0. The standard InChI is InChI=1S/C19H38O5Si/c1-6-9-14-22-25(23-15-10-7-2,24-16-11-8-3)17-12-13-21-19(20)18(4)5/h4,6-17H2,1-3,5H3. The number of ether oxygens (including phenoxy) is 1. The molecule has 6 heteroatoms. The van der Waals surface area contributed by atoms with Gasteiger partial charge in [0.1, 0.15) is 0 Å². The smallest absolute Gasteiger partial charge is 0.462 e. The molecular formula is C19H38O5Si. The van der Waals surface area contributed by atoms with E-state index in [-0.39, 0.29) is 5.97 Å². The Morgan fingerprint density at radius 3 is 1.60 bits per heavy atom. The third-order valence-electron chi connectivity index (χ3n) is 3.67. The normalized spacial score (nSPS) is 11.5. The van der Waals surface area contributed by atoms with Crippen LogP contribution in [0.4, 0.5) is 0 Å². The average molecular weight is 375 g/mol. The summed E-state index contributed by atoms with van der Waals surface area (Å²) in [5, 5.41) is 0. The first-order valence-electron chi connectivity index (χ1n) is 9.75. The van der Waals surface area contributed by atoms with Crippen LogP contribution in [-0.2, 0) is 22.8 Å². The van der Waals surface area contributed by atoms with Crippen LogP contribution in [0.2, 0.25) is 6.04 Å². The lowest BCUT2D eigenvalue weighted by molar-refractivity contribution is -0.139. The molecule has 0 aliphatic rings. The summed E-state index contributed by atoms with van der Waals surface area (Å²) in [4.78, 5) is 11.5. The van der Waals surface area contributed by atoms with Gasteiger partial charge in [-0.25, -0.2) is 4.79 Å². The Hall–Kier alpha value is -0.693. The zero-order valence-corrected chi connectivity index (χ0v) is 17.7.